The summed E-state index contributed by atoms with van der Waals surface area (Å²) in [6.07, 6.45) is -4.93. The minimum atomic E-state index is -4.58. The fourth-order valence-corrected chi connectivity index (χ4v) is 2.97. The van der Waals surface area contributed by atoms with Gasteiger partial charge in [-0.1, -0.05) is 18.2 Å². The van der Waals surface area contributed by atoms with Crippen LogP contribution in [0.1, 0.15) is 17.5 Å². The quantitative estimate of drug-likeness (QED) is 0.725. The maximum Gasteiger partial charge on any atom is 0.416 e. The van der Waals surface area contributed by atoms with E-state index in [1.807, 2.05) is 0 Å². The average molecular weight is 373 g/mol. The molecule has 9 heteroatoms. The highest BCUT2D eigenvalue weighted by Gasteiger charge is 2.31. The van der Waals surface area contributed by atoms with Crippen molar-refractivity contribution >= 4 is 16.1 Å². The predicted molar refractivity (Wildman–Crippen MR) is 79.0 cm³/mol. The molecule has 0 spiro atoms. The van der Waals surface area contributed by atoms with E-state index < -0.39 is 32.7 Å². The molecule has 0 aromatic heterocycles. The molecule has 0 aliphatic carbocycles. The molecule has 0 bridgehead atoms. The molecule has 5 nitrogen and oxygen atoms in total. The molecular formula is C16H12F3O5S-. The predicted octanol–water partition coefficient (Wildman–Crippen LogP) is 2.16. The monoisotopic (exact) mass is 373 g/mol. The molecular weight excluding hydrogens is 361 g/mol. The molecule has 0 saturated carbocycles. The van der Waals surface area contributed by atoms with Crippen LogP contribution in [0.25, 0.3) is 0 Å². The maximum absolute atomic E-state index is 12.5. The molecule has 2 aromatic carbocycles. The number of rotatable bonds is 6. The first-order valence-electron chi connectivity index (χ1n) is 6.99. The number of para-hydroxylation sites is 1. The Bertz CT molecular complexity index is 858. The molecule has 0 amide bonds. The van der Waals surface area contributed by atoms with E-state index in [0.717, 1.165) is 12.1 Å². The van der Waals surface area contributed by atoms with E-state index in [1.54, 1.807) is 6.07 Å². The summed E-state index contributed by atoms with van der Waals surface area (Å²) in [6.45, 7) is 0. The molecule has 0 saturated heterocycles. The van der Waals surface area contributed by atoms with Gasteiger partial charge in [-0.25, -0.2) is 0 Å². The molecule has 2 aromatic rings. The van der Waals surface area contributed by atoms with Gasteiger partial charge in [0, 0.05) is 5.97 Å². The van der Waals surface area contributed by atoms with E-state index in [-0.39, 0.29) is 18.6 Å². The van der Waals surface area contributed by atoms with Gasteiger partial charge in [0.2, 0.25) is 0 Å². The lowest BCUT2D eigenvalue weighted by Crippen LogP contribution is -2.22. The van der Waals surface area contributed by atoms with Crippen LogP contribution in [-0.2, 0) is 27.5 Å². The van der Waals surface area contributed by atoms with Crippen LogP contribution in [0.3, 0.4) is 0 Å². The second-order valence-electron chi connectivity index (χ2n) is 5.04. The molecule has 0 radical (unpaired) electrons. The Kier molecular flexibility index (Phi) is 5.36. The van der Waals surface area contributed by atoms with Crippen LogP contribution in [0.2, 0.25) is 0 Å². The number of carbonyl (C=O) groups is 1. The summed E-state index contributed by atoms with van der Waals surface area (Å²) < 4.78 is 67.0. The van der Waals surface area contributed by atoms with Crippen molar-refractivity contribution in [2.45, 2.75) is 23.9 Å². The molecule has 134 valence electrons. The highest BCUT2D eigenvalue weighted by molar-refractivity contribution is 7.87. The average Bonchev–Trinajstić information content (AvgIpc) is 2.53. The van der Waals surface area contributed by atoms with Gasteiger partial charge in [-0.15, -0.1) is 0 Å². The van der Waals surface area contributed by atoms with E-state index in [9.17, 15) is 31.5 Å². The van der Waals surface area contributed by atoms with Crippen LogP contribution >= 0.6 is 0 Å². The first-order valence-corrected chi connectivity index (χ1v) is 8.40. The van der Waals surface area contributed by atoms with Gasteiger partial charge in [0.05, 0.1) is 5.56 Å². The highest BCUT2D eigenvalue weighted by atomic mass is 32.2. The van der Waals surface area contributed by atoms with Crippen LogP contribution in [-0.4, -0.2) is 14.4 Å². The van der Waals surface area contributed by atoms with Crippen molar-refractivity contribution in [3.05, 3.63) is 59.7 Å². The Morgan fingerprint density at radius 2 is 1.64 bits per heavy atom. The van der Waals surface area contributed by atoms with Crippen molar-refractivity contribution in [3.63, 3.8) is 0 Å². The Morgan fingerprint density at radius 1 is 1.04 bits per heavy atom. The lowest BCUT2D eigenvalue weighted by atomic mass is 10.1. The number of carboxylic acid groups (broad SMARTS) is 1. The smallest absolute Gasteiger partial charge is 0.416 e. The third-order valence-corrected chi connectivity index (χ3v) is 4.49. The van der Waals surface area contributed by atoms with Gasteiger partial charge in [0.1, 0.15) is 10.6 Å². The van der Waals surface area contributed by atoms with E-state index in [4.69, 9.17) is 4.18 Å². The van der Waals surface area contributed by atoms with E-state index >= 15 is 0 Å². The third kappa shape index (κ3) is 4.96. The molecule has 0 aliphatic rings. The number of carbonyl (C=O) groups excluding carboxylic acids is 1. The normalized spacial score (nSPS) is 12.0. The molecule has 2 rings (SSSR count). The number of alkyl halides is 3. The van der Waals surface area contributed by atoms with E-state index in [1.165, 1.54) is 18.2 Å². The number of hydrogen-bond acceptors (Lipinski definition) is 5. The summed E-state index contributed by atoms with van der Waals surface area (Å²) in [6, 6.07) is 8.73. The number of benzene rings is 2. The van der Waals surface area contributed by atoms with Crippen LogP contribution in [0.5, 0.6) is 5.75 Å². The fourth-order valence-electron chi connectivity index (χ4n) is 2.01. The second-order valence-corrected chi connectivity index (χ2v) is 6.59. The lowest BCUT2D eigenvalue weighted by Gasteiger charge is -2.12. The van der Waals surface area contributed by atoms with Crippen molar-refractivity contribution < 1.29 is 35.7 Å². The Hall–Kier alpha value is -2.55. The van der Waals surface area contributed by atoms with Crippen LogP contribution in [0, 0.1) is 0 Å². The molecule has 0 N–H and O–H groups in total. The first-order chi connectivity index (χ1) is 11.6. The van der Waals surface area contributed by atoms with Gasteiger partial charge in [-0.05, 0) is 48.7 Å². The lowest BCUT2D eigenvalue weighted by molar-refractivity contribution is -0.305. The largest absolute Gasteiger partial charge is 0.550 e. The topological polar surface area (TPSA) is 83.5 Å². The minimum absolute atomic E-state index is 0.0129. The highest BCUT2D eigenvalue weighted by Crippen LogP contribution is 2.30. The third-order valence-electron chi connectivity index (χ3n) is 3.24. The van der Waals surface area contributed by atoms with Crippen LogP contribution < -0.4 is 9.29 Å². The molecule has 25 heavy (non-hydrogen) atoms. The second kappa shape index (κ2) is 7.14. The van der Waals surface area contributed by atoms with Gasteiger partial charge in [-0.3, -0.25) is 0 Å². The summed E-state index contributed by atoms with van der Waals surface area (Å²) in [5.41, 5.74) is -0.664. The Labute approximate surface area is 141 Å². The summed E-state index contributed by atoms with van der Waals surface area (Å²) in [4.78, 5) is 10.1. The molecule has 0 heterocycles. The van der Waals surface area contributed by atoms with E-state index in [2.05, 4.69) is 0 Å². The van der Waals surface area contributed by atoms with Crippen LogP contribution in [0.15, 0.2) is 53.4 Å². The Balaban J connectivity index is 2.26. The minimum Gasteiger partial charge on any atom is -0.550 e. The van der Waals surface area contributed by atoms with Gasteiger partial charge >= 0.3 is 16.3 Å². The molecule has 0 fully saturated rings. The van der Waals surface area contributed by atoms with Gasteiger partial charge in [-0.2, -0.15) is 21.6 Å². The zero-order valence-electron chi connectivity index (χ0n) is 12.6. The number of aliphatic carboxylic acids is 1. The summed E-state index contributed by atoms with van der Waals surface area (Å²) in [5.74, 6) is -1.40. The SMILES string of the molecule is O=C([O-])CCc1ccccc1OS(=O)(=O)c1ccc(C(F)(F)F)cc1. The Morgan fingerprint density at radius 3 is 2.20 bits per heavy atom. The number of aryl methyl sites for hydroxylation is 1. The zero-order valence-corrected chi connectivity index (χ0v) is 13.4. The van der Waals surface area contributed by atoms with Crippen molar-refractivity contribution in [3.8, 4) is 5.75 Å². The summed E-state index contributed by atoms with van der Waals surface area (Å²) >= 11 is 0. The summed E-state index contributed by atoms with van der Waals surface area (Å²) in [7, 11) is -4.37. The van der Waals surface area contributed by atoms with Gasteiger partial charge < -0.3 is 14.1 Å². The molecule has 0 aliphatic heterocycles. The fraction of sp³-hybridized carbons (Fsp3) is 0.188. The van der Waals surface area contributed by atoms with Crippen molar-refractivity contribution in [2.75, 3.05) is 0 Å². The number of halogens is 3. The van der Waals surface area contributed by atoms with Crippen LogP contribution in [0.4, 0.5) is 13.2 Å². The number of hydrogen-bond donors (Lipinski definition) is 0. The van der Waals surface area contributed by atoms with Crippen molar-refractivity contribution in [2.24, 2.45) is 0 Å². The van der Waals surface area contributed by atoms with Gasteiger partial charge in [0.15, 0.2) is 0 Å². The maximum atomic E-state index is 12.5. The van der Waals surface area contributed by atoms with Gasteiger partial charge in [0.25, 0.3) is 0 Å². The molecule has 0 unspecified atom stereocenters. The van der Waals surface area contributed by atoms with Crippen molar-refractivity contribution in [1.29, 1.82) is 0 Å². The number of carboxylic acids is 1. The summed E-state index contributed by atoms with van der Waals surface area (Å²) in [5, 5.41) is 10.5. The standard InChI is InChI=1S/C16H13F3O5S/c17-16(18,19)12-6-8-13(9-7-12)25(22,23)24-14-4-2-1-3-11(14)5-10-15(20)21/h1-4,6-9H,5,10H2,(H,20,21)/p-1. The zero-order chi connectivity index (χ0) is 18.7. The first kappa shape index (κ1) is 18.8. The van der Waals surface area contributed by atoms with Crippen molar-refractivity contribution in [1.82, 2.24) is 0 Å². The molecule has 0 atom stereocenters. The van der Waals surface area contributed by atoms with E-state index in [0.29, 0.717) is 17.7 Å².